The van der Waals surface area contributed by atoms with E-state index < -0.39 is 0 Å². The number of carbonyl (C=O) groups excluding carboxylic acids is 1. The number of carbonyl (C=O) groups is 1. The van der Waals surface area contributed by atoms with E-state index in [-0.39, 0.29) is 11.7 Å². The lowest BCUT2D eigenvalue weighted by molar-refractivity contribution is -0.139. The van der Waals surface area contributed by atoms with Gasteiger partial charge in [0.1, 0.15) is 15.9 Å². The summed E-state index contributed by atoms with van der Waals surface area (Å²) in [5.74, 6) is 2.28. The van der Waals surface area contributed by atoms with Crippen LogP contribution < -0.4 is 15.5 Å². The van der Waals surface area contributed by atoms with Crippen LogP contribution in [0.25, 0.3) is 22.6 Å². The Morgan fingerprint density at radius 3 is 2.61 bits per heavy atom. The fraction of sp³-hybridized carbons (Fsp3) is 0.483. The van der Waals surface area contributed by atoms with Crippen LogP contribution in [-0.4, -0.2) is 89.0 Å². The highest BCUT2D eigenvalue weighted by Crippen LogP contribution is 2.35. The van der Waals surface area contributed by atoms with Crippen molar-refractivity contribution in [3.8, 4) is 22.6 Å². The monoisotopic (exact) mass is 597 g/mol. The van der Waals surface area contributed by atoms with Crippen molar-refractivity contribution in [2.75, 3.05) is 63.6 Å². The van der Waals surface area contributed by atoms with Crippen molar-refractivity contribution in [2.45, 2.75) is 34.2 Å². The molecule has 1 aliphatic rings. The van der Waals surface area contributed by atoms with Crippen LogP contribution in [-0.2, 0) is 16.1 Å². The van der Waals surface area contributed by atoms with Crippen LogP contribution in [0.4, 0.5) is 5.82 Å². The zero-order chi connectivity index (χ0) is 29.4. The van der Waals surface area contributed by atoms with Crippen LogP contribution in [0.15, 0.2) is 28.8 Å². The first-order chi connectivity index (χ1) is 19.8. The van der Waals surface area contributed by atoms with E-state index in [9.17, 15) is 4.79 Å². The SMILES string of the molecule is CCOC(=O)CSC(=S)N1CCN(c2nc(-c3cccc(CNCCNC)c3)nc(-c3c(C)noc3C)c2C)CC1. The molecule has 10 nitrogen and oxygen atoms in total. The Labute approximate surface area is 251 Å². The standard InChI is InChI=1S/C29H39N7O3S2/c1-6-38-24(37)18-41-29(40)36-14-12-35(13-15-36)28-19(2)26(25-20(3)34-39-21(25)4)32-27(33-28)23-9-7-8-22(16-23)17-31-11-10-30-5/h7-9,16,30-31H,6,10-15,17-18H2,1-5H3. The first-order valence-electron chi connectivity index (χ1n) is 13.9. The molecule has 0 bridgehead atoms. The van der Waals surface area contributed by atoms with Gasteiger partial charge in [-0.05, 0) is 46.4 Å². The summed E-state index contributed by atoms with van der Waals surface area (Å²) in [6.07, 6.45) is 0. The Bertz CT molecular complexity index is 1340. The number of thiocarbonyl (C=S) groups is 1. The van der Waals surface area contributed by atoms with Gasteiger partial charge in [0.15, 0.2) is 5.82 Å². The quantitative estimate of drug-likeness (QED) is 0.191. The van der Waals surface area contributed by atoms with Crippen molar-refractivity contribution < 1.29 is 14.1 Å². The molecule has 1 aliphatic heterocycles. The molecule has 4 rings (SSSR count). The fourth-order valence-electron chi connectivity index (χ4n) is 4.79. The van der Waals surface area contributed by atoms with Crippen LogP contribution >= 0.6 is 24.0 Å². The van der Waals surface area contributed by atoms with E-state index >= 15 is 0 Å². The zero-order valence-electron chi connectivity index (χ0n) is 24.5. The summed E-state index contributed by atoms with van der Waals surface area (Å²) in [5.41, 5.74) is 5.67. The van der Waals surface area contributed by atoms with Gasteiger partial charge in [-0.15, -0.1) is 0 Å². The molecule has 3 aromatic rings. The first-order valence-corrected chi connectivity index (χ1v) is 15.3. The number of anilines is 1. The van der Waals surface area contributed by atoms with Gasteiger partial charge in [0, 0.05) is 56.9 Å². The summed E-state index contributed by atoms with van der Waals surface area (Å²) < 4.78 is 11.3. The van der Waals surface area contributed by atoms with Gasteiger partial charge in [-0.3, -0.25) is 4.79 Å². The van der Waals surface area contributed by atoms with Gasteiger partial charge in [0.25, 0.3) is 0 Å². The van der Waals surface area contributed by atoms with Crippen LogP contribution in [0.5, 0.6) is 0 Å². The molecule has 1 saturated heterocycles. The topological polar surface area (TPSA) is 109 Å². The number of thioether (sulfide) groups is 1. The van der Waals surface area contributed by atoms with Crippen molar-refractivity contribution in [2.24, 2.45) is 0 Å². The third-order valence-electron chi connectivity index (χ3n) is 6.91. The summed E-state index contributed by atoms with van der Waals surface area (Å²) in [6.45, 7) is 13.6. The van der Waals surface area contributed by atoms with Gasteiger partial charge in [-0.1, -0.05) is 47.3 Å². The number of nitrogens with one attached hydrogen (secondary N) is 2. The van der Waals surface area contributed by atoms with Crippen molar-refractivity contribution in [1.29, 1.82) is 0 Å². The maximum absolute atomic E-state index is 11.8. The largest absolute Gasteiger partial charge is 0.465 e. The number of piperazine rings is 1. The number of ether oxygens (including phenoxy) is 1. The van der Waals surface area contributed by atoms with E-state index in [2.05, 4.69) is 56.8 Å². The number of esters is 1. The molecule has 0 radical (unpaired) electrons. The van der Waals surface area contributed by atoms with E-state index in [0.717, 1.165) is 85.5 Å². The average molecular weight is 598 g/mol. The van der Waals surface area contributed by atoms with Crippen molar-refractivity contribution >= 4 is 40.1 Å². The maximum atomic E-state index is 11.8. The van der Waals surface area contributed by atoms with Crippen LogP contribution in [0.3, 0.4) is 0 Å². The lowest BCUT2D eigenvalue weighted by Gasteiger charge is -2.37. The highest BCUT2D eigenvalue weighted by Gasteiger charge is 2.26. The van der Waals surface area contributed by atoms with E-state index in [0.29, 0.717) is 16.8 Å². The predicted molar refractivity (Wildman–Crippen MR) is 168 cm³/mol. The molecule has 3 heterocycles. The van der Waals surface area contributed by atoms with Crippen molar-refractivity contribution in [3.05, 3.63) is 46.8 Å². The Kier molecular flexibility index (Phi) is 11.1. The van der Waals surface area contributed by atoms with Crippen LogP contribution in [0, 0.1) is 20.8 Å². The molecule has 12 heteroatoms. The minimum absolute atomic E-state index is 0.228. The molecular formula is C29H39N7O3S2. The number of nitrogens with zero attached hydrogens (tertiary/aromatic N) is 5. The Balaban J connectivity index is 1.60. The highest BCUT2D eigenvalue weighted by atomic mass is 32.2. The lowest BCUT2D eigenvalue weighted by Crippen LogP contribution is -2.48. The van der Waals surface area contributed by atoms with Crippen molar-refractivity contribution in [1.82, 2.24) is 30.7 Å². The van der Waals surface area contributed by atoms with Crippen molar-refractivity contribution in [3.63, 3.8) is 0 Å². The molecule has 1 aromatic carbocycles. The highest BCUT2D eigenvalue weighted by molar-refractivity contribution is 8.23. The maximum Gasteiger partial charge on any atom is 0.316 e. The van der Waals surface area contributed by atoms with Gasteiger partial charge in [0.2, 0.25) is 0 Å². The Morgan fingerprint density at radius 2 is 1.93 bits per heavy atom. The smallest absolute Gasteiger partial charge is 0.316 e. The Hall–Kier alpha value is -3.06. The lowest BCUT2D eigenvalue weighted by atomic mass is 10.0. The van der Waals surface area contributed by atoms with Gasteiger partial charge in [-0.25, -0.2) is 9.97 Å². The number of rotatable bonds is 11. The summed E-state index contributed by atoms with van der Waals surface area (Å²) >= 11 is 6.97. The molecule has 220 valence electrons. The molecule has 0 unspecified atom stereocenters. The number of aromatic nitrogens is 3. The van der Waals surface area contributed by atoms with E-state index in [1.54, 1.807) is 6.92 Å². The summed E-state index contributed by atoms with van der Waals surface area (Å²) in [7, 11) is 1.95. The van der Waals surface area contributed by atoms with Gasteiger partial charge < -0.3 is 29.7 Å². The first kappa shape index (κ1) is 30.9. The van der Waals surface area contributed by atoms with Gasteiger partial charge in [-0.2, -0.15) is 0 Å². The van der Waals surface area contributed by atoms with E-state index in [1.807, 2.05) is 20.9 Å². The summed E-state index contributed by atoms with van der Waals surface area (Å²) in [6, 6.07) is 8.37. The van der Waals surface area contributed by atoms with Crippen LogP contribution in [0.2, 0.25) is 0 Å². The average Bonchev–Trinajstić information content (AvgIpc) is 3.32. The number of aryl methyl sites for hydroxylation is 2. The number of likely N-dealkylation sites (N-methyl/N-ethyl adjacent to an activating group) is 1. The zero-order valence-corrected chi connectivity index (χ0v) is 26.1. The third-order valence-corrected chi connectivity index (χ3v) is 8.41. The molecular weight excluding hydrogens is 558 g/mol. The number of hydrogen-bond acceptors (Lipinski definition) is 11. The number of hydrogen-bond donors (Lipinski definition) is 2. The summed E-state index contributed by atoms with van der Waals surface area (Å²) in [4.78, 5) is 26.4. The van der Waals surface area contributed by atoms with Crippen LogP contribution in [0.1, 0.15) is 29.5 Å². The molecule has 2 N–H and O–H groups in total. The Morgan fingerprint density at radius 1 is 1.15 bits per heavy atom. The molecule has 2 aromatic heterocycles. The number of benzene rings is 1. The second-order valence-corrected chi connectivity index (χ2v) is 11.5. The minimum Gasteiger partial charge on any atom is -0.465 e. The summed E-state index contributed by atoms with van der Waals surface area (Å²) in [5, 5.41) is 10.8. The molecule has 41 heavy (non-hydrogen) atoms. The normalized spacial score (nSPS) is 13.5. The minimum atomic E-state index is -0.243. The molecule has 0 saturated carbocycles. The second-order valence-electron chi connectivity index (χ2n) is 9.86. The van der Waals surface area contributed by atoms with Gasteiger partial charge in [0.05, 0.1) is 29.3 Å². The molecule has 1 fully saturated rings. The molecule has 0 aliphatic carbocycles. The van der Waals surface area contributed by atoms with Gasteiger partial charge >= 0.3 is 5.97 Å². The van der Waals surface area contributed by atoms with E-state index in [4.69, 9.17) is 31.4 Å². The second kappa shape index (κ2) is 14.7. The molecule has 0 spiro atoms. The molecule has 0 atom stereocenters. The van der Waals surface area contributed by atoms with E-state index in [1.165, 1.54) is 17.3 Å². The predicted octanol–water partition coefficient (Wildman–Crippen LogP) is 3.74. The molecule has 0 amide bonds. The third kappa shape index (κ3) is 7.82. The fourth-order valence-corrected chi connectivity index (χ4v) is 5.84.